The van der Waals surface area contributed by atoms with E-state index in [-0.39, 0.29) is 0 Å². The standard InChI is InChI=1S/C10H17N3/c1-4-5-11-7-10(3)13-8-9(2)6-12-13/h4,6,8,10-11H,1,5,7H2,2-3H3. The summed E-state index contributed by atoms with van der Waals surface area (Å²) in [5.41, 5.74) is 1.20. The molecule has 0 spiro atoms. The summed E-state index contributed by atoms with van der Waals surface area (Å²) >= 11 is 0. The Morgan fingerprint density at radius 3 is 3.08 bits per heavy atom. The second kappa shape index (κ2) is 4.82. The van der Waals surface area contributed by atoms with Gasteiger partial charge in [0.15, 0.2) is 0 Å². The van der Waals surface area contributed by atoms with Crippen LogP contribution in [0.5, 0.6) is 0 Å². The maximum absolute atomic E-state index is 4.25. The van der Waals surface area contributed by atoms with Gasteiger partial charge in [-0.25, -0.2) is 0 Å². The van der Waals surface area contributed by atoms with Crippen molar-refractivity contribution < 1.29 is 0 Å². The fourth-order valence-corrected chi connectivity index (χ4v) is 1.16. The third-order valence-electron chi connectivity index (χ3n) is 1.91. The fourth-order valence-electron chi connectivity index (χ4n) is 1.16. The van der Waals surface area contributed by atoms with Crippen LogP contribution in [-0.4, -0.2) is 22.9 Å². The smallest absolute Gasteiger partial charge is 0.0615 e. The van der Waals surface area contributed by atoms with Crippen molar-refractivity contribution in [1.29, 1.82) is 0 Å². The number of nitrogens with zero attached hydrogens (tertiary/aromatic N) is 2. The molecular formula is C10H17N3. The van der Waals surface area contributed by atoms with E-state index in [0.29, 0.717) is 6.04 Å². The number of nitrogens with one attached hydrogen (secondary N) is 1. The predicted molar refractivity (Wildman–Crippen MR) is 54.7 cm³/mol. The first-order valence-corrected chi connectivity index (χ1v) is 4.56. The van der Waals surface area contributed by atoms with Crippen LogP contribution in [0, 0.1) is 6.92 Å². The zero-order chi connectivity index (χ0) is 9.68. The zero-order valence-corrected chi connectivity index (χ0v) is 8.33. The Bertz CT molecular complexity index is 265. The molecule has 1 aromatic rings. The molecule has 0 bridgehead atoms. The maximum atomic E-state index is 4.25. The minimum atomic E-state index is 0.397. The van der Waals surface area contributed by atoms with Gasteiger partial charge < -0.3 is 5.32 Å². The Morgan fingerprint density at radius 2 is 2.54 bits per heavy atom. The molecule has 0 aliphatic heterocycles. The molecule has 0 radical (unpaired) electrons. The third kappa shape index (κ3) is 3.03. The molecule has 3 nitrogen and oxygen atoms in total. The van der Waals surface area contributed by atoms with Gasteiger partial charge in [-0.2, -0.15) is 5.10 Å². The Hall–Kier alpha value is -1.09. The van der Waals surface area contributed by atoms with Crippen LogP contribution in [0.1, 0.15) is 18.5 Å². The molecule has 0 fully saturated rings. The molecule has 1 N–H and O–H groups in total. The van der Waals surface area contributed by atoms with Crippen LogP contribution in [0.3, 0.4) is 0 Å². The molecule has 13 heavy (non-hydrogen) atoms. The first-order valence-electron chi connectivity index (χ1n) is 4.56. The van der Waals surface area contributed by atoms with Crippen molar-refractivity contribution in [1.82, 2.24) is 15.1 Å². The number of hydrogen-bond donors (Lipinski definition) is 1. The van der Waals surface area contributed by atoms with Crippen LogP contribution < -0.4 is 5.32 Å². The van der Waals surface area contributed by atoms with Crippen molar-refractivity contribution in [2.45, 2.75) is 19.9 Å². The van der Waals surface area contributed by atoms with E-state index < -0.39 is 0 Å². The number of hydrogen-bond acceptors (Lipinski definition) is 2. The van der Waals surface area contributed by atoms with Crippen molar-refractivity contribution in [2.24, 2.45) is 0 Å². The molecule has 1 atom stereocenters. The van der Waals surface area contributed by atoms with Gasteiger partial charge in [0.05, 0.1) is 12.2 Å². The minimum absolute atomic E-state index is 0.397. The number of aromatic nitrogens is 2. The molecule has 3 heteroatoms. The quantitative estimate of drug-likeness (QED) is 0.548. The van der Waals surface area contributed by atoms with Crippen LogP contribution in [0.2, 0.25) is 0 Å². The molecule has 0 amide bonds. The molecule has 0 saturated heterocycles. The molecule has 0 saturated carbocycles. The van der Waals surface area contributed by atoms with Crippen LogP contribution in [0.15, 0.2) is 25.0 Å². The summed E-state index contributed by atoms with van der Waals surface area (Å²) in [5.74, 6) is 0. The Kier molecular flexibility index (Phi) is 3.71. The van der Waals surface area contributed by atoms with Gasteiger partial charge in [0.2, 0.25) is 0 Å². The van der Waals surface area contributed by atoms with Crippen molar-refractivity contribution in [3.8, 4) is 0 Å². The normalized spacial score (nSPS) is 12.8. The monoisotopic (exact) mass is 179 g/mol. The van der Waals surface area contributed by atoms with E-state index in [1.54, 1.807) is 0 Å². The summed E-state index contributed by atoms with van der Waals surface area (Å²) in [6.07, 6.45) is 5.80. The van der Waals surface area contributed by atoms with Gasteiger partial charge >= 0.3 is 0 Å². The van der Waals surface area contributed by atoms with E-state index in [4.69, 9.17) is 0 Å². The first kappa shape index (κ1) is 9.99. The molecule has 0 aliphatic carbocycles. The molecule has 72 valence electrons. The lowest BCUT2D eigenvalue weighted by atomic mass is 10.3. The topological polar surface area (TPSA) is 29.9 Å². The van der Waals surface area contributed by atoms with E-state index in [0.717, 1.165) is 13.1 Å². The summed E-state index contributed by atoms with van der Waals surface area (Å²) in [6.45, 7) is 9.62. The predicted octanol–water partition coefficient (Wildman–Crippen LogP) is 1.53. The van der Waals surface area contributed by atoms with Gasteiger partial charge in [-0.1, -0.05) is 6.08 Å². The Labute approximate surface area is 79.5 Å². The van der Waals surface area contributed by atoms with Crippen molar-refractivity contribution >= 4 is 0 Å². The Balaban J connectivity index is 2.39. The lowest BCUT2D eigenvalue weighted by Gasteiger charge is -2.11. The summed E-state index contributed by atoms with van der Waals surface area (Å²) in [6, 6.07) is 0.397. The largest absolute Gasteiger partial charge is 0.311 e. The maximum Gasteiger partial charge on any atom is 0.0615 e. The number of rotatable bonds is 5. The lowest BCUT2D eigenvalue weighted by Crippen LogP contribution is -2.23. The van der Waals surface area contributed by atoms with Gasteiger partial charge in [-0.05, 0) is 19.4 Å². The van der Waals surface area contributed by atoms with E-state index in [1.807, 2.05) is 23.9 Å². The molecule has 1 heterocycles. The zero-order valence-electron chi connectivity index (χ0n) is 8.33. The van der Waals surface area contributed by atoms with Gasteiger partial charge in [-0.3, -0.25) is 4.68 Å². The van der Waals surface area contributed by atoms with E-state index >= 15 is 0 Å². The lowest BCUT2D eigenvalue weighted by molar-refractivity contribution is 0.463. The van der Waals surface area contributed by atoms with Crippen LogP contribution in [0.4, 0.5) is 0 Å². The Morgan fingerprint density at radius 1 is 1.77 bits per heavy atom. The molecular weight excluding hydrogens is 162 g/mol. The minimum Gasteiger partial charge on any atom is -0.311 e. The second-order valence-electron chi connectivity index (χ2n) is 3.29. The van der Waals surface area contributed by atoms with E-state index in [9.17, 15) is 0 Å². The molecule has 0 aromatic carbocycles. The van der Waals surface area contributed by atoms with Gasteiger partial charge in [-0.15, -0.1) is 6.58 Å². The highest BCUT2D eigenvalue weighted by Gasteiger charge is 2.03. The molecule has 1 aromatic heterocycles. The highest BCUT2D eigenvalue weighted by atomic mass is 15.3. The molecule has 1 unspecified atom stereocenters. The van der Waals surface area contributed by atoms with Gasteiger partial charge in [0, 0.05) is 19.3 Å². The SMILES string of the molecule is C=CCNCC(C)n1cc(C)cn1. The summed E-state index contributed by atoms with van der Waals surface area (Å²) in [7, 11) is 0. The fraction of sp³-hybridized carbons (Fsp3) is 0.500. The van der Waals surface area contributed by atoms with Crippen LogP contribution >= 0.6 is 0 Å². The van der Waals surface area contributed by atoms with Crippen molar-refractivity contribution in [3.05, 3.63) is 30.6 Å². The first-order chi connectivity index (χ1) is 6.24. The third-order valence-corrected chi connectivity index (χ3v) is 1.91. The van der Waals surface area contributed by atoms with Crippen LogP contribution in [-0.2, 0) is 0 Å². The average molecular weight is 179 g/mol. The van der Waals surface area contributed by atoms with Crippen molar-refractivity contribution in [3.63, 3.8) is 0 Å². The van der Waals surface area contributed by atoms with E-state index in [1.165, 1.54) is 5.56 Å². The van der Waals surface area contributed by atoms with Crippen molar-refractivity contribution in [2.75, 3.05) is 13.1 Å². The summed E-state index contributed by atoms with van der Waals surface area (Å²) in [5, 5.41) is 7.51. The molecule has 0 aliphatic rings. The highest BCUT2D eigenvalue weighted by Crippen LogP contribution is 2.03. The number of aryl methyl sites for hydroxylation is 1. The van der Waals surface area contributed by atoms with Gasteiger partial charge in [0.1, 0.15) is 0 Å². The van der Waals surface area contributed by atoms with E-state index in [2.05, 4.69) is 30.1 Å². The van der Waals surface area contributed by atoms with Crippen LogP contribution in [0.25, 0.3) is 0 Å². The average Bonchev–Trinajstić information content (AvgIpc) is 2.52. The summed E-state index contributed by atoms with van der Waals surface area (Å²) < 4.78 is 1.98. The van der Waals surface area contributed by atoms with Gasteiger partial charge in [0.25, 0.3) is 0 Å². The highest BCUT2D eigenvalue weighted by molar-refractivity contribution is 5.00. The molecule has 1 rings (SSSR count). The second-order valence-corrected chi connectivity index (χ2v) is 3.29. The summed E-state index contributed by atoms with van der Waals surface area (Å²) in [4.78, 5) is 0.